The summed E-state index contributed by atoms with van der Waals surface area (Å²) in [6, 6.07) is 12.1. The number of benzene rings is 1. The Morgan fingerprint density at radius 2 is 1.78 bits per heavy atom. The molecule has 1 aromatic rings. The summed E-state index contributed by atoms with van der Waals surface area (Å²) in [7, 11) is 0. The predicted molar refractivity (Wildman–Crippen MR) is 158 cm³/mol. The fourth-order valence-corrected chi connectivity index (χ4v) is 6.33. The second kappa shape index (κ2) is 17.1. The monoisotopic (exact) mass is 562 g/mol. The smallest absolute Gasteiger partial charge is 0.219 e. The van der Waals surface area contributed by atoms with Gasteiger partial charge in [0.2, 0.25) is 5.91 Å². The van der Waals surface area contributed by atoms with Crippen LogP contribution in [-0.4, -0.2) is 67.1 Å². The molecule has 4 rings (SSSR count). The van der Waals surface area contributed by atoms with Gasteiger partial charge < -0.3 is 15.5 Å². The standard InChI is InChI=1S/C28H46N4O.3ClH/c1-22(2)32-15-12-23(13-16-32)11-14-29-28(33)10-6-9-27-26-17-25(18-30-27)20-31(21-26)19-24-7-4-3-5-8-24;;;/h3-5,7-8,22-23,25-27,30H,6,9-21H2,1-2H3,(H,29,33);3*1H/t25?,26?,27-;;;/m1.../s1. The molecule has 1 aromatic carbocycles. The minimum atomic E-state index is 0. The third-order valence-electron chi connectivity index (χ3n) is 8.31. The van der Waals surface area contributed by atoms with Crippen LogP contribution in [0.4, 0.5) is 0 Å². The molecule has 5 nitrogen and oxygen atoms in total. The Morgan fingerprint density at radius 3 is 2.47 bits per heavy atom. The number of fused-ring (bicyclic) bond motifs is 2. The molecule has 3 atom stereocenters. The molecule has 3 aliphatic heterocycles. The molecule has 3 saturated heterocycles. The maximum absolute atomic E-state index is 12.4. The lowest BCUT2D eigenvalue weighted by Gasteiger charge is -2.46. The Balaban J connectivity index is 0.00000216. The lowest BCUT2D eigenvalue weighted by Crippen LogP contribution is -2.55. The van der Waals surface area contributed by atoms with Crippen LogP contribution in [0.1, 0.15) is 64.4 Å². The van der Waals surface area contributed by atoms with Crippen LogP contribution in [0, 0.1) is 17.8 Å². The Hall–Kier alpha value is -0.560. The first-order valence-electron chi connectivity index (χ1n) is 13.6. The van der Waals surface area contributed by atoms with Gasteiger partial charge in [-0.05, 0) is 95.3 Å². The molecule has 1 amide bonds. The van der Waals surface area contributed by atoms with Crippen molar-refractivity contribution >= 4 is 43.1 Å². The van der Waals surface area contributed by atoms with E-state index in [9.17, 15) is 4.79 Å². The number of hydrogen-bond donors (Lipinski definition) is 2. The molecule has 0 aromatic heterocycles. The topological polar surface area (TPSA) is 47.6 Å². The summed E-state index contributed by atoms with van der Waals surface area (Å²) < 4.78 is 0. The van der Waals surface area contributed by atoms with Crippen LogP contribution in [0.5, 0.6) is 0 Å². The van der Waals surface area contributed by atoms with Crippen molar-refractivity contribution in [3.05, 3.63) is 35.9 Å². The Morgan fingerprint density at radius 1 is 1.06 bits per heavy atom. The largest absolute Gasteiger partial charge is 0.356 e. The van der Waals surface area contributed by atoms with Crippen molar-refractivity contribution in [1.29, 1.82) is 0 Å². The van der Waals surface area contributed by atoms with Crippen LogP contribution in [0.2, 0.25) is 0 Å². The fraction of sp³-hybridized carbons (Fsp3) is 0.750. The molecule has 3 aliphatic rings. The Kier molecular flexibility index (Phi) is 15.9. The number of halogens is 3. The summed E-state index contributed by atoms with van der Waals surface area (Å²) in [6.45, 7) is 12.5. The van der Waals surface area contributed by atoms with Crippen LogP contribution in [0.15, 0.2) is 30.3 Å². The molecule has 208 valence electrons. The zero-order chi connectivity index (χ0) is 23.0. The Bertz CT molecular complexity index is 731. The molecule has 0 saturated carbocycles. The number of hydrogen-bond acceptors (Lipinski definition) is 4. The average Bonchev–Trinajstić information content (AvgIpc) is 2.81. The van der Waals surface area contributed by atoms with Gasteiger partial charge in [-0.15, -0.1) is 37.2 Å². The van der Waals surface area contributed by atoms with Crippen molar-refractivity contribution in [3.63, 3.8) is 0 Å². The molecule has 3 heterocycles. The van der Waals surface area contributed by atoms with E-state index in [-0.39, 0.29) is 43.1 Å². The zero-order valence-electron chi connectivity index (χ0n) is 22.2. The van der Waals surface area contributed by atoms with Gasteiger partial charge in [0.25, 0.3) is 0 Å². The summed E-state index contributed by atoms with van der Waals surface area (Å²) >= 11 is 0. The van der Waals surface area contributed by atoms with Gasteiger partial charge >= 0.3 is 0 Å². The minimum Gasteiger partial charge on any atom is -0.356 e. The van der Waals surface area contributed by atoms with E-state index in [2.05, 4.69) is 64.6 Å². The lowest BCUT2D eigenvalue weighted by molar-refractivity contribution is -0.121. The molecule has 2 bridgehead atoms. The first-order valence-corrected chi connectivity index (χ1v) is 13.6. The van der Waals surface area contributed by atoms with E-state index < -0.39 is 0 Å². The van der Waals surface area contributed by atoms with Crippen LogP contribution in [-0.2, 0) is 11.3 Å². The summed E-state index contributed by atoms with van der Waals surface area (Å²) in [5.41, 5.74) is 1.42. The first-order chi connectivity index (χ1) is 16.1. The summed E-state index contributed by atoms with van der Waals surface area (Å²) in [6.07, 6.45) is 7.85. The van der Waals surface area contributed by atoms with E-state index in [1.165, 1.54) is 51.0 Å². The van der Waals surface area contributed by atoms with Gasteiger partial charge in [-0.1, -0.05) is 30.3 Å². The number of nitrogens with zero attached hydrogens (tertiary/aromatic N) is 2. The number of piperidine rings is 3. The van der Waals surface area contributed by atoms with Crippen LogP contribution < -0.4 is 10.6 Å². The molecular weight excluding hydrogens is 515 g/mol. The Labute approximate surface area is 238 Å². The quantitative estimate of drug-likeness (QED) is 0.413. The lowest BCUT2D eigenvalue weighted by atomic mass is 9.79. The fourth-order valence-electron chi connectivity index (χ4n) is 6.33. The van der Waals surface area contributed by atoms with Crippen molar-refractivity contribution in [2.24, 2.45) is 17.8 Å². The molecule has 0 aliphatic carbocycles. The third-order valence-corrected chi connectivity index (χ3v) is 8.31. The van der Waals surface area contributed by atoms with E-state index >= 15 is 0 Å². The predicted octanol–water partition coefficient (Wildman–Crippen LogP) is 5.16. The SMILES string of the molecule is CC(C)N1CCC(CCNC(=O)CCC[C@H]2NCC3CC2CN(Cc2ccccc2)C3)CC1.Cl.Cl.Cl. The van der Waals surface area contributed by atoms with Crippen LogP contribution in [0.3, 0.4) is 0 Å². The van der Waals surface area contributed by atoms with Crippen molar-refractivity contribution in [2.75, 3.05) is 39.3 Å². The number of carbonyl (C=O) groups is 1. The van der Waals surface area contributed by atoms with Crippen LogP contribution >= 0.6 is 37.2 Å². The molecule has 8 heteroatoms. The molecule has 2 N–H and O–H groups in total. The summed E-state index contributed by atoms with van der Waals surface area (Å²) in [4.78, 5) is 17.6. The highest BCUT2D eigenvalue weighted by Gasteiger charge is 2.36. The minimum absolute atomic E-state index is 0. The van der Waals surface area contributed by atoms with Crippen molar-refractivity contribution in [3.8, 4) is 0 Å². The van der Waals surface area contributed by atoms with Crippen LogP contribution in [0.25, 0.3) is 0 Å². The number of carbonyl (C=O) groups excluding carboxylic acids is 1. The highest BCUT2D eigenvalue weighted by atomic mass is 35.5. The van der Waals surface area contributed by atoms with E-state index in [1.807, 2.05) is 0 Å². The van der Waals surface area contributed by atoms with Gasteiger partial charge in [0, 0.05) is 44.7 Å². The van der Waals surface area contributed by atoms with Gasteiger partial charge in [0.15, 0.2) is 0 Å². The van der Waals surface area contributed by atoms with E-state index in [0.717, 1.165) is 56.7 Å². The maximum atomic E-state index is 12.4. The zero-order valence-corrected chi connectivity index (χ0v) is 24.6. The molecule has 0 spiro atoms. The second-order valence-corrected chi connectivity index (χ2v) is 11.2. The van der Waals surface area contributed by atoms with Crippen molar-refractivity contribution < 1.29 is 4.79 Å². The van der Waals surface area contributed by atoms with E-state index in [0.29, 0.717) is 18.5 Å². The van der Waals surface area contributed by atoms with E-state index in [1.54, 1.807) is 0 Å². The molecular formula is C28H49Cl3N4O. The summed E-state index contributed by atoms with van der Waals surface area (Å²) in [5, 5.41) is 7.01. The number of amides is 1. The molecule has 3 fully saturated rings. The van der Waals surface area contributed by atoms with Gasteiger partial charge in [0.1, 0.15) is 0 Å². The van der Waals surface area contributed by atoms with Gasteiger partial charge in [0.05, 0.1) is 0 Å². The average molecular weight is 564 g/mol. The normalized spacial score (nSPS) is 24.8. The molecule has 36 heavy (non-hydrogen) atoms. The van der Waals surface area contributed by atoms with Crippen molar-refractivity contribution in [1.82, 2.24) is 20.4 Å². The van der Waals surface area contributed by atoms with Gasteiger partial charge in [-0.3, -0.25) is 9.69 Å². The highest BCUT2D eigenvalue weighted by Crippen LogP contribution is 2.31. The maximum Gasteiger partial charge on any atom is 0.219 e. The highest BCUT2D eigenvalue weighted by molar-refractivity contribution is 5.86. The number of rotatable bonds is 10. The number of nitrogens with one attached hydrogen (secondary N) is 2. The molecule has 2 unspecified atom stereocenters. The number of likely N-dealkylation sites (tertiary alicyclic amines) is 2. The van der Waals surface area contributed by atoms with Crippen molar-refractivity contribution in [2.45, 2.75) is 77.4 Å². The first kappa shape index (κ1) is 33.5. The molecule has 0 radical (unpaired) electrons. The third kappa shape index (κ3) is 10.3. The second-order valence-electron chi connectivity index (χ2n) is 11.2. The van der Waals surface area contributed by atoms with Gasteiger partial charge in [-0.25, -0.2) is 0 Å². The summed E-state index contributed by atoms with van der Waals surface area (Å²) in [5.74, 6) is 2.53. The van der Waals surface area contributed by atoms with Gasteiger partial charge in [-0.2, -0.15) is 0 Å². The van der Waals surface area contributed by atoms with E-state index in [4.69, 9.17) is 0 Å².